The second kappa shape index (κ2) is 21.0. The minimum atomic E-state index is -2.20. The van der Waals surface area contributed by atoms with Crippen LogP contribution in [0.5, 0.6) is 0 Å². The normalized spacial score (nSPS) is 51.7. The van der Waals surface area contributed by atoms with Gasteiger partial charge in [0, 0.05) is 12.3 Å². The number of hydrogen-bond donors (Lipinski definition) is 10. The third kappa shape index (κ3) is 9.25. The number of aliphatic hydroxyl groups excluding tert-OH is 10. The molecule has 4 aliphatic heterocycles. The number of rotatable bonds is 14. The fourth-order valence-corrected chi connectivity index (χ4v) is 16.5. The average Bonchev–Trinajstić information content (AvgIpc) is 3.95. The summed E-state index contributed by atoms with van der Waals surface area (Å²) in [4.78, 5) is 38.3. The number of carbonyl (C=O) groups is 3. The van der Waals surface area contributed by atoms with Crippen molar-refractivity contribution in [2.75, 3.05) is 26.4 Å². The number of carboxylic acids is 1. The Morgan fingerprint density at radius 2 is 1.44 bits per heavy atom. The van der Waals surface area contributed by atoms with Crippen molar-refractivity contribution in [3.8, 4) is 0 Å². The van der Waals surface area contributed by atoms with Crippen molar-refractivity contribution in [1.82, 2.24) is 0 Å². The molecule has 9 rings (SSSR count). The van der Waals surface area contributed by atoms with Gasteiger partial charge in [0.15, 0.2) is 18.9 Å². The molecule has 28 atom stereocenters. The summed E-state index contributed by atoms with van der Waals surface area (Å²) in [5.41, 5.74) is -2.45. The zero-order valence-electron chi connectivity index (χ0n) is 45.4. The van der Waals surface area contributed by atoms with Gasteiger partial charge in [-0.05, 0) is 98.2 Å². The van der Waals surface area contributed by atoms with E-state index in [9.17, 15) is 70.6 Å². The molecule has 0 aromatic carbocycles. The molecule has 0 spiro atoms. The first-order valence-corrected chi connectivity index (χ1v) is 27.4. The van der Waals surface area contributed by atoms with Crippen molar-refractivity contribution in [3.63, 3.8) is 0 Å². The fraction of sp³-hybridized carbons (Fsp3) is 0.907. The molecule has 5 aliphatic carbocycles. The van der Waals surface area contributed by atoms with E-state index in [2.05, 4.69) is 40.7 Å². The van der Waals surface area contributed by atoms with E-state index in [-0.39, 0.29) is 29.8 Å². The van der Waals surface area contributed by atoms with Gasteiger partial charge in [-0.2, -0.15) is 0 Å². The van der Waals surface area contributed by atoms with E-state index in [1.54, 1.807) is 13.8 Å². The second-order valence-corrected chi connectivity index (χ2v) is 25.8. The van der Waals surface area contributed by atoms with Gasteiger partial charge < -0.3 is 104 Å². The number of allylic oxidation sites excluding steroid dienone is 2. The standard InChI is InChI=1S/C54H84O23/c1-22(23(2)71-24(3)57)45(68)70-21-54-26-16-49(4,5)43(42(54)65)73-32(54)17-53(9)25(26)10-11-30-50(6)14-13-31(51(7,20-56)29(50)12-15-52(30,53)8)74-48-40(76-46-36(62)33(59)27(58)19-69-46)38(64)39(41(77-48)44(66)67)75-47-37(63)35(61)34(60)28(18-55)72-47/h10,22-23,26-43,46-48,55-56,58-65H,11-21H2,1-9H3,(H,66,67)/p-1/t22?,23?,26-,27+,28+,29+,30+,31-,32+,33-,34+,35-,36+,37+,38-,39-,40+,41-,42-,43+,46-,47-,48+,50-,51-,52+,53+,54-/m0/s1. The molecule has 9 aliphatic rings. The largest absolute Gasteiger partial charge is 0.547 e. The van der Waals surface area contributed by atoms with E-state index in [1.165, 1.54) is 12.5 Å². The van der Waals surface area contributed by atoms with E-state index < -0.39 is 187 Å². The summed E-state index contributed by atoms with van der Waals surface area (Å²) in [6.07, 6.45) is -23.3. The summed E-state index contributed by atoms with van der Waals surface area (Å²) < 4.78 is 54.1. The van der Waals surface area contributed by atoms with Gasteiger partial charge in [-0.15, -0.1) is 0 Å². The Bertz CT molecular complexity index is 2230. The van der Waals surface area contributed by atoms with E-state index in [4.69, 9.17) is 42.6 Å². The minimum Gasteiger partial charge on any atom is -0.547 e. The van der Waals surface area contributed by atoms with Gasteiger partial charge in [0.25, 0.3) is 0 Å². The Morgan fingerprint density at radius 1 is 0.766 bits per heavy atom. The van der Waals surface area contributed by atoms with Crippen LogP contribution in [0.1, 0.15) is 107 Å². The summed E-state index contributed by atoms with van der Waals surface area (Å²) in [5, 5.41) is 123. The van der Waals surface area contributed by atoms with Gasteiger partial charge in [0.05, 0.1) is 61.5 Å². The molecule has 23 nitrogen and oxygen atoms in total. The van der Waals surface area contributed by atoms with Crippen LogP contribution in [0, 0.1) is 56.2 Å². The average molecular weight is 1100 g/mol. The lowest BCUT2D eigenvalue weighted by Crippen LogP contribution is -2.70. The van der Waals surface area contributed by atoms with Crippen LogP contribution in [0.25, 0.3) is 0 Å². The first-order chi connectivity index (χ1) is 36.0. The Morgan fingerprint density at radius 3 is 2.09 bits per heavy atom. The number of fused-ring (bicyclic) bond motifs is 7. The fourth-order valence-electron chi connectivity index (χ4n) is 16.5. The van der Waals surface area contributed by atoms with Crippen LogP contribution in [0.15, 0.2) is 11.6 Å². The highest BCUT2D eigenvalue weighted by Gasteiger charge is 2.76. The van der Waals surface area contributed by atoms with Gasteiger partial charge in [0.2, 0.25) is 0 Å². The maximum Gasteiger partial charge on any atom is 0.312 e. The monoisotopic (exact) mass is 1100 g/mol. The molecule has 2 unspecified atom stereocenters. The van der Waals surface area contributed by atoms with Crippen LogP contribution in [0.4, 0.5) is 0 Å². The number of carboxylic acid groups (broad SMARTS) is 1. The first-order valence-electron chi connectivity index (χ1n) is 27.4. The highest BCUT2D eigenvalue weighted by Crippen LogP contribution is 2.77. The third-order valence-corrected chi connectivity index (χ3v) is 21.3. The molecule has 0 radical (unpaired) electrons. The van der Waals surface area contributed by atoms with Crippen molar-refractivity contribution >= 4 is 17.9 Å². The molecule has 2 bridgehead atoms. The molecule has 0 aromatic heterocycles. The molecule has 4 heterocycles. The number of hydrogen-bond acceptors (Lipinski definition) is 23. The van der Waals surface area contributed by atoms with Crippen molar-refractivity contribution in [2.24, 2.45) is 56.2 Å². The Hall–Kier alpha value is -2.53. The minimum absolute atomic E-state index is 0.0399. The molecule has 4 saturated carbocycles. The summed E-state index contributed by atoms with van der Waals surface area (Å²) in [7, 11) is 0. The van der Waals surface area contributed by atoms with E-state index >= 15 is 0 Å². The predicted octanol–water partition coefficient (Wildman–Crippen LogP) is -1.92. The smallest absolute Gasteiger partial charge is 0.312 e. The highest BCUT2D eigenvalue weighted by atomic mass is 16.8. The summed E-state index contributed by atoms with van der Waals surface area (Å²) in [6.45, 7) is 15.8. The summed E-state index contributed by atoms with van der Waals surface area (Å²) >= 11 is 0. The Balaban J connectivity index is 0.998. The quantitative estimate of drug-likeness (QED) is 0.0515. The number of carbonyl (C=O) groups excluding carboxylic acids is 3. The molecular formula is C54H83O23-. The molecular weight excluding hydrogens is 1020 g/mol. The lowest BCUT2D eigenvalue weighted by molar-refractivity contribution is -0.399. The van der Waals surface area contributed by atoms with Crippen LogP contribution < -0.4 is 5.11 Å². The van der Waals surface area contributed by atoms with E-state index in [0.29, 0.717) is 44.9 Å². The predicted molar refractivity (Wildman–Crippen MR) is 258 cm³/mol. The third-order valence-electron chi connectivity index (χ3n) is 21.3. The highest BCUT2D eigenvalue weighted by molar-refractivity contribution is 5.74. The van der Waals surface area contributed by atoms with Gasteiger partial charge in [-0.3, -0.25) is 9.59 Å². The zero-order chi connectivity index (χ0) is 56.4. The van der Waals surface area contributed by atoms with Crippen LogP contribution in [0.3, 0.4) is 0 Å². The molecule has 77 heavy (non-hydrogen) atoms. The lowest BCUT2D eigenvalue weighted by Gasteiger charge is -2.71. The maximum atomic E-state index is 13.6. The molecule has 8 fully saturated rings. The molecule has 0 amide bonds. The van der Waals surface area contributed by atoms with Crippen LogP contribution in [-0.2, 0) is 57.0 Å². The van der Waals surface area contributed by atoms with Gasteiger partial charge in [-0.25, -0.2) is 0 Å². The van der Waals surface area contributed by atoms with Crippen LogP contribution in [0.2, 0.25) is 0 Å². The van der Waals surface area contributed by atoms with E-state index in [1.807, 2.05) is 6.92 Å². The molecule has 10 N–H and O–H groups in total. The van der Waals surface area contributed by atoms with Crippen LogP contribution in [-0.4, -0.2) is 212 Å². The SMILES string of the molecule is CC(=O)OC(C)C(C)C(=O)OC[C@@]12[C@H]3C[C@]4(C)C(=CC[C@@H]5[C@@]6(C)CC[C@H](O[C@@H]7O[C@H](C(=O)[O-])[C@@H](O[C@@H]8O[C@H](CO)[C@@H](O)[C@H](O)[C@H]8O)[C@H](O)[C@H]7O[C@@H]7OC[C@@H](O)[C@H](O)[C@H]7O)[C@@](C)(CO)[C@@H]6CC[C@]54C)[C@@H]1CC(C)(C)[C@H](O3)[C@@H]2O. The second-order valence-electron chi connectivity index (χ2n) is 25.8. The van der Waals surface area contributed by atoms with Crippen molar-refractivity contribution in [1.29, 1.82) is 0 Å². The van der Waals surface area contributed by atoms with Crippen molar-refractivity contribution < 1.29 is 113 Å². The Labute approximate surface area is 448 Å². The van der Waals surface area contributed by atoms with Crippen molar-refractivity contribution in [3.05, 3.63) is 11.6 Å². The molecule has 4 saturated heterocycles. The van der Waals surface area contributed by atoms with Gasteiger partial charge in [-0.1, -0.05) is 53.2 Å². The lowest BCUT2D eigenvalue weighted by atomic mass is 9.33. The number of aliphatic carboxylic acids is 1. The molecule has 0 aromatic rings. The molecule has 23 heteroatoms. The molecule has 438 valence electrons. The van der Waals surface area contributed by atoms with E-state index in [0.717, 1.165) is 0 Å². The maximum absolute atomic E-state index is 13.6. The Kier molecular flexibility index (Phi) is 16.1. The first kappa shape index (κ1) is 59.1. The number of ether oxygens (including phenoxy) is 9. The summed E-state index contributed by atoms with van der Waals surface area (Å²) in [6, 6.07) is 0. The number of aliphatic hydroxyl groups is 10. The van der Waals surface area contributed by atoms with Crippen molar-refractivity contribution in [2.45, 2.75) is 224 Å². The number of esters is 2. The topological polar surface area (TPSA) is 360 Å². The van der Waals surface area contributed by atoms with Gasteiger partial charge in [0.1, 0.15) is 79.9 Å². The van der Waals surface area contributed by atoms with Gasteiger partial charge >= 0.3 is 11.9 Å². The summed E-state index contributed by atoms with van der Waals surface area (Å²) in [5.74, 6) is -4.10. The van der Waals surface area contributed by atoms with Crippen LogP contribution >= 0.6 is 0 Å². The zero-order valence-corrected chi connectivity index (χ0v) is 45.4.